The van der Waals surface area contributed by atoms with Gasteiger partial charge in [-0.25, -0.2) is 8.42 Å². The molecule has 1 amide bonds. The van der Waals surface area contributed by atoms with Crippen LogP contribution in [-0.4, -0.2) is 49.7 Å². The van der Waals surface area contributed by atoms with Gasteiger partial charge in [0.15, 0.2) is 0 Å². The van der Waals surface area contributed by atoms with E-state index in [-0.39, 0.29) is 38.0 Å². The van der Waals surface area contributed by atoms with Crippen molar-refractivity contribution in [3.8, 4) is 0 Å². The minimum Gasteiger partial charge on any atom is -0.340 e. The van der Waals surface area contributed by atoms with Gasteiger partial charge in [-0.3, -0.25) is 4.79 Å². The lowest BCUT2D eigenvalue weighted by Gasteiger charge is -2.34. The van der Waals surface area contributed by atoms with Crippen molar-refractivity contribution in [1.82, 2.24) is 9.21 Å². The number of rotatable bonds is 3. The van der Waals surface area contributed by atoms with Crippen LogP contribution in [0.1, 0.15) is 18.9 Å². The van der Waals surface area contributed by atoms with E-state index >= 15 is 0 Å². The number of piperazine rings is 1. The van der Waals surface area contributed by atoms with Crippen LogP contribution in [0.3, 0.4) is 0 Å². The second-order valence-electron chi connectivity index (χ2n) is 6.69. The van der Waals surface area contributed by atoms with Crippen molar-refractivity contribution in [3.63, 3.8) is 0 Å². The summed E-state index contributed by atoms with van der Waals surface area (Å²) in [6, 6.07) is 2.56. The second-order valence-corrected chi connectivity index (χ2v) is 9.03. The molecule has 2 fully saturated rings. The fraction of sp³-hybridized carbons (Fsp3) is 0.562. The maximum absolute atomic E-state index is 13.0. The number of nitrogens with zero attached hydrogens (tertiary/aromatic N) is 2. The smallest absolute Gasteiger partial charge is 0.340 e. The standard InChI is InChI=1S/C16H18ClF3N2O3S/c1-10-8-12(10)15(23)21-4-6-22(7-5-21)26(24,25)11-2-3-14(17)13(9-11)16(18,19)20/h2-3,9-10,12H,4-8H2,1H3/t10-,12-/m1/s1. The number of hydrogen-bond donors (Lipinski definition) is 0. The molecule has 10 heteroatoms. The topological polar surface area (TPSA) is 57.7 Å². The van der Waals surface area contributed by atoms with E-state index in [9.17, 15) is 26.4 Å². The molecule has 5 nitrogen and oxygen atoms in total. The molecule has 1 aromatic carbocycles. The Balaban J connectivity index is 1.74. The molecular weight excluding hydrogens is 393 g/mol. The number of halogens is 4. The maximum atomic E-state index is 13.0. The zero-order valence-electron chi connectivity index (χ0n) is 14.0. The highest BCUT2D eigenvalue weighted by atomic mass is 35.5. The number of carbonyl (C=O) groups is 1. The van der Waals surface area contributed by atoms with Gasteiger partial charge in [-0.1, -0.05) is 18.5 Å². The molecule has 0 aromatic heterocycles. The fourth-order valence-electron chi connectivity index (χ4n) is 3.08. The summed E-state index contributed by atoms with van der Waals surface area (Å²) in [6.07, 6.45) is -3.89. The van der Waals surface area contributed by atoms with Crippen molar-refractivity contribution in [3.05, 3.63) is 28.8 Å². The van der Waals surface area contributed by atoms with Gasteiger partial charge < -0.3 is 4.90 Å². The summed E-state index contributed by atoms with van der Waals surface area (Å²) in [5, 5.41) is -0.551. The Labute approximate surface area is 154 Å². The van der Waals surface area contributed by atoms with Gasteiger partial charge in [-0.2, -0.15) is 17.5 Å². The molecule has 2 atom stereocenters. The third-order valence-corrected chi connectivity index (χ3v) is 7.08. The van der Waals surface area contributed by atoms with Crippen molar-refractivity contribution in [2.24, 2.45) is 11.8 Å². The predicted molar refractivity (Wildman–Crippen MR) is 89.1 cm³/mol. The molecule has 1 saturated heterocycles. The normalized spacial score (nSPS) is 24.6. The Morgan fingerprint density at radius 1 is 1.19 bits per heavy atom. The SMILES string of the molecule is C[C@@H]1C[C@H]1C(=O)N1CCN(S(=O)(=O)c2ccc(Cl)c(C(F)(F)F)c2)CC1. The largest absolute Gasteiger partial charge is 0.417 e. The van der Waals surface area contributed by atoms with E-state index in [1.807, 2.05) is 6.92 Å². The van der Waals surface area contributed by atoms with Gasteiger partial charge >= 0.3 is 6.18 Å². The third-order valence-electron chi connectivity index (χ3n) is 4.86. The summed E-state index contributed by atoms with van der Waals surface area (Å²) < 4.78 is 65.4. The number of carbonyl (C=O) groups excluding carboxylic acids is 1. The van der Waals surface area contributed by atoms with Gasteiger partial charge in [-0.05, 0) is 30.5 Å². The lowest BCUT2D eigenvalue weighted by molar-refractivity contribution is -0.137. The van der Waals surface area contributed by atoms with E-state index in [2.05, 4.69) is 0 Å². The van der Waals surface area contributed by atoms with Crippen molar-refractivity contribution in [1.29, 1.82) is 0 Å². The minimum atomic E-state index is -4.74. The monoisotopic (exact) mass is 410 g/mol. The molecule has 1 aliphatic heterocycles. The third kappa shape index (κ3) is 3.70. The first-order chi connectivity index (χ1) is 12.0. The molecule has 2 aliphatic rings. The molecule has 0 N–H and O–H groups in total. The number of amides is 1. The van der Waals surface area contributed by atoms with Crippen LogP contribution in [0.4, 0.5) is 13.2 Å². The Hall–Kier alpha value is -1.32. The maximum Gasteiger partial charge on any atom is 0.417 e. The summed E-state index contributed by atoms with van der Waals surface area (Å²) in [4.78, 5) is 13.4. The summed E-state index contributed by atoms with van der Waals surface area (Å²) in [5.41, 5.74) is -1.18. The average molecular weight is 411 g/mol. The van der Waals surface area contributed by atoms with E-state index < -0.39 is 31.7 Å². The summed E-state index contributed by atoms with van der Waals surface area (Å²) in [7, 11) is -4.09. The van der Waals surface area contributed by atoms with Crippen LogP contribution in [0.25, 0.3) is 0 Å². The lowest BCUT2D eigenvalue weighted by Crippen LogP contribution is -2.51. The highest BCUT2D eigenvalue weighted by Crippen LogP contribution is 2.39. The van der Waals surface area contributed by atoms with Crippen LogP contribution in [-0.2, 0) is 21.0 Å². The zero-order valence-corrected chi connectivity index (χ0v) is 15.5. The van der Waals surface area contributed by atoms with Crippen molar-refractivity contribution in [2.45, 2.75) is 24.4 Å². The first-order valence-corrected chi connectivity index (χ1v) is 9.99. The molecule has 1 saturated carbocycles. The Morgan fingerprint density at radius 2 is 1.77 bits per heavy atom. The summed E-state index contributed by atoms with van der Waals surface area (Å²) in [6.45, 7) is 2.57. The molecule has 26 heavy (non-hydrogen) atoms. The molecule has 1 aliphatic carbocycles. The lowest BCUT2D eigenvalue weighted by atomic mass is 10.2. The van der Waals surface area contributed by atoms with Crippen molar-refractivity contribution < 1.29 is 26.4 Å². The molecule has 0 unspecified atom stereocenters. The number of hydrogen-bond acceptors (Lipinski definition) is 3. The second kappa shape index (κ2) is 6.69. The highest BCUT2D eigenvalue weighted by Gasteiger charge is 2.43. The van der Waals surface area contributed by atoms with Gasteiger partial charge in [-0.15, -0.1) is 0 Å². The molecule has 1 aromatic rings. The molecule has 0 spiro atoms. The van der Waals surface area contributed by atoms with Crippen molar-refractivity contribution >= 4 is 27.5 Å². The van der Waals surface area contributed by atoms with E-state index in [0.717, 1.165) is 22.9 Å². The van der Waals surface area contributed by atoms with Gasteiger partial charge in [0.05, 0.1) is 15.5 Å². The van der Waals surface area contributed by atoms with Gasteiger partial charge in [0.1, 0.15) is 0 Å². The first-order valence-electron chi connectivity index (χ1n) is 8.17. The molecule has 0 radical (unpaired) electrons. The molecule has 0 bridgehead atoms. The average Bonchev–Trinajstić information content (AvgIpc) is 3.30. The van der Waals surface area contributed by atoms with Crippen LogP contribution < -0.4 is 0 Å². The number of benzene rings is 1. The van der Waals surface area contributed by atoms with E-state index in [1.165, 1.54) is 0 Å². The summed E-state index contributed by atoms with van der Waals surface area (Å²) >= 11 is 5.55. The Bertz CT molecular complexity index is 821. The van der Waals surface area contributed by atoms with Crippen LogP contribution in [0.5, 0.6) is 0 Å². The predicted octanol–water partition coefficient (Wildman–Crippen LogP) is 2.85. The summed E-state index contributed by atoms with van der Waals surface area (Å²) in [5.74, 6) is 0.406. The number of sulfonamides is 1. The number of alkyl halides is 3. The van der Waals surface area contributed by atoms with Crippen LogP contribution >= 0.6 is 11.6 Å². The fourth-order valence-corrected chi connectivity index (χ4v) is 4.75. The quantitative estimate of drug-likeness (QED) is 0.770. The molecule has 3 rings (SSSR count). The van der Waals surface area contributed by atoms with E-state index in [4.69, 9.17) is 11.6 Å². The highest BCUT2D eigenvalue weighted by molar-refractivity contribution is 7.89. The Morgan fingerprint density at radius 3 is 2.27 bits per heavy atom. The van der Waals surface area contributed by atoms with E-state index in [1.54, 1.807) is 4.90 Å². The van der Waals surface area contributed by atoms with Crippen LogP contribution in [0, 0.1) is 11.8 Å². The van der Waals surface area contributed by atoms with E-state index in [0.29, 0.717) is 12.0 Å². The van der Waals surface area contributed by atoms with Gasteiger partial charge in [0.2, 0.25) is 15.9 Å². The molecule has 144 valence electrons. The molecular formula is C16H18ClF3N2O3S. The van der Waals surface area contributed by atoms with Gasteiger partial charge in [0, 0.05) is 32.1 Å². The minimum absolute atomic E-state index is 0.0174. The van der Waals surface area contributed by atoms with Crippen molar-refractivity contribution in [2.75, 3.05) is 26.2 Å². The Kier molecular flexibility index (Phi) is 5.00. The molecule has 1 heterocycles. The van der Waals surface area contributed by atoms with Crippen LogP contribution in [0.2, 0.25) is 5.02 Å². The van der Waals surface area contributed by atoms with Gasteiger partial charge in [0.25, 0.3) is 0 Å². The zero-order chi connectivity index (χ0) is 19.3. The van der Waals surface area contributed by atoms with Crippen LogP contribution in [0.15, 0.2) is 23.1 Å². The first kappa shape index (κ1) is 19.4.